The molecule has 4 rings (SSSR count). The zero-order chi connectivity index (χ0) is 22.6. The fraction of sp³-hybridized carbons (Fsp3) is 0.292. The fourth-order valence-electron chi connectivity index (χ4n) is 3.79. The molecule has 1 aromatic heterocycles. The average molecular weight is 451 g/mol. The highest BCUT2D eigenvalue weighted by Gasteiger charge is 2.16. The fourth-order valence-corrected chi connectivity index (χ4v) is 4.88. The van der Waals surface area contributed by atoms with Crippen LogP contribution in [-0.4, -0.2) is 37.5 Å². The molecule has 0 radical (unpaired) electrons. The lowest BCUT2D eigenvalue weighted by Gasteiger charge is -2.20. The second-order valence-electron chi connectivity index (χ2n) is 7.95. The monoisotopic (exact) mass is 450 g/mol. The first-order chi connectivity index (χ1) is 15.4. The lowest BCUT2D eigenvalue weighted by Crippen LogP contribution is -2.25. The number of carbonyl (C=O) groups excluding carboxylic acids is 1. The van der Waals surface area contributed by atoms with E-state index in [0.717, 1.165) is 24.5 Å². The molecule has 0 bridgehead atoms. The van der Waals surface area contributed by atoms with Crippen molar-refractivity contribution < 1.29 is 13.2 Å². The minimum Gasteiger partial charge on any atom is -0.355 e. The summed E-state index contributed by atoms with van der Waals surface area (Å²) < 4.78 is 28.2. The van der Waals surface area contributed by atoms with E-state index in [2.05, 4.69) is 19.8 Å². The molecule has 32 heavy (non-hydrogen) atoms. The van der Waals surface area contributed by atoms with Gasteiger partial charge in [-0.05, 0) is 56.2 Å². The number of ketones is 1. The lowest BCUT2D eigenvalue weighted by molar-refractivity contribution is 0.101. The summed E-state index contributed by atoms with van der Waals surface area (Å²) in [6, 6.07) is 16.9. The van der Waals surface area contributed by atoms with Crippen LogP contribution in [0.4, 0.5) is 11.5 Å². The highest BCUT2D eigenvalue weighted by molar-refractivity contribution is 7.92. The molecule has 1 fully saturated rings. The highest BCUT2D eigenvalue weighted by Crippen LogP contribution is 2.25. The van der Waals surface area contributed by atoms with E-state index in [-0.39, 0.29) is 10.7 Å². The van der Waals surface area contributed by atoms with Crippen LogP contribution in [0.2, 0.25) is 0 Å². The summed E-state index contributed by atoms with van der Waals surface area (Å²) in [4.78, 5) is 13.9. The SMILES string of the molecule is CC(=O)c1cccc(S(=O)(=O)Nc2cccc(-c3ccc(N4CCCCCC4)nn3)c2)c1. The first kappa shape index (κ1) is 22.0. The molecule has 2 heterocycles. The van der Waals surface area contributed by atoms with Crippen molar-refractivity contribution in [3.05, 3.63) is 66.2 Å². The molecule has 2 aromatic carbocycles. The Balaban J connectivity index is 1.53. The quantitative estimate of drug-likeness (QED) is 0.555. The van der Waals surface area contributed by atoms with E-state index in [1.807, 2.05) is 18.2 Å². The number of hydrogen-bond acceptors (Lipinski definition) is 6. The van der Waals surface area contributed by atoms with E-state index in [9.17, 15) is 13.2 Å². The largest absolute Gasteiger partial charge is 0.355 e. The van der Waals surface area contributed by atoms with Crippen LogP contribution in [0.3, 0.4) is 0 Å². The predicted octanol–water partition coefficient (Wildman–Crippen LogP) is 4.53. The van der Waals surface area contributed by atoms with Crippen molar-refractivity contribution in [2.45, 2.75) is 37.5 Å². The summed E-state index contributed by atoms with van der Waals surface area (Å²) in [6.45, 7) is 3.40. The van der Waals surface area contributed by atoms with Gasteiger partial charge in [0.2, 0.25) is 0 Å². The Morgan fingerprint density at radius 1 is 0.906 bits per heavy atom. The van der Waals surface area contributed by atoms with Gasteiger partial charge in [0.05, 0.1) is 10.6 Å². The maximum Gasteiger partial charge on any atom is 0.261 e. The van der Waals surface area contributed by atoms with E-state index >= 15 is 0 Å². The maximum absolute atomic E-state index is 12.8. The van der Waals surface area contributed by atoms with Gasteiger partial charge in [0.25, 0.3) is 10.0 Å². The van der Waals surface area contributed by atoms with Gasteiger partial charge < -0.3 is 4.90 Å². The molecule has 1 saturated heterocycles. The Bertz CT molecular complexity index is 1200. The van der Waals surface area contributed by atoms with Gasteiger partial charge in [0.1, 0.15) is 0 Å². The molecule has 3 aromatic rings. The Morgan fingerprint density at radius 3 is 2.34 bits per heavy atom. The van der Waals surface area contributed by atoms with Gasteiger partial charge in [-0.2, -0.15) is 0 Å². The summed E-state index contributed by atoms with van der Waals surface area (Å²) in [6.07, 6.45) is 4.84. The van der Waals surface area contributed by atoms with E-state index in [4.69, 9.17) is 0 Å². The van der Waals surface area contributed by atoms with Crippen LogP contribution in [0.1, 0.15) is 43.0 Å². The smallest absolute Gasteiger partial charge is 0.261 e. The number of aromatic nitrogens is 2. The molecule has 166 valence electrons. The third-order valence-corrected chi connectivity index (χ3v) is 6.92. The summed E-state index contributed by atoms with van der Waals surface area (Å²) in [5.74, 6) is 0.684. The molecule has 0 saturated carbocycles. The van der Waals surface area contributed by atoms with Gasteiger partial charge in [-0.3, -0.25) is 9.52 Å². The molecule has 1 N–H and O–H groups in total. The van der Waals surface area contributed by atoms with Crippen LogP contribution in [0.5, 0.6) is 0 Å². The maximum atomic E-state index is 12.8. The van der Waals surface area contributed by atoms with Crippen molar-refractivity contribution in [3.8, 4) is 11.3 Å². The molecule has 0 aliphatic carbocycles. The molecule has 8 heteroatoms. The third-order valence-electron chi connectivity index (χ3n) is 5.54. The topological polar surface area (TPSA) is 92.3 Å². The van der Waals surface area contributed by atoms with Crippen molar-refractivity contribution in [3.63, 3.8) is 0 Å². The van der Waals surface area contributed by atoms with Crippen molar-refractivity contribution in [1.29, 1.82) is 0 Å². The summed E-state index contributed by atoms with van der Waals surface area (Å²) in [7, 11) is -3.84. The van der Waals surface area contributed by atoms with Crippen molar-refractivity contribution in [1.82, 2.24) is 10.2 Å². The Labute approximate surface area is 188 Å². The minimum absolute atomic E-state index is 0.0391. The van der Waals surface area contributed by atoms with E-state index in [0.29, 0.717) is 16.9 Å². The van der Waals surface area contributed by atoms with Crippen molar-refractivity contribution in [2.24, 2.45) is 0 Å². The average Bonchev–Trinajstić information content (AvgIpc) is 3.09. The first-order valence-corrected chi connectivity index (χ1v) is 12.2. The van der Waals surface area contributed by atoms with Gasteiger partial charge in [-0.15, -0.1) is 10.2 Å². The summed E-state index contributed by atoms with van der Waals surface area (Å²) >= 11 is 0. The third kappa shape index (κ3) is 5.13. The number of Topliss-reactive ketones (excluding diaryl/α,β-unsaturated/α-hetero) is 1. The molecule has 0 spiro atoms. The van der Waals surface area contributed by atoms with Crippen LogP contribution in [-0.2, 0) is 10.0 Å². The van der Waals surface area contributed by atoms with Crippen LogP contribution < -0.4 is 9.62 Å². The predicted molar refractivity (Wildman–Crippen MR) is 125 cm³/mol. The van der Waals surface area contributed by atoms with E-state index in [1.165, 1.54) is 44.7 Å². The van der Waals surface area contributed by atoms with Crippen molar-refractivity contribution in [2.75, 3.05) is 22.7 Å². The molecule has 1 aliphatic rings. The molecule has 0 unspecified atom stereocenters. The molecule has 7 nitrogen and oxygen atoms in total. The standard InChI is InChI=1S/C24H26N4O3S/c1-18(29)19-8-7-11-22(17-19)32(30,31)27-21-10-6-9-20(16-21)23-12-13-24(26-25-23)28-14-4-2-3-5-15-28/h6-13,16-17,27H,2-5,14-15H2,1H3. The van der Waals surface area contributed by atoms with Crippen LogP contribution in [0.25, 0.3) is 11.3 Å². The molecule has 1 aliphatic heterocycles. The number of sulfonamides is 1. The van der Waals surface area contributed by atoms with E-state index < -0.39 is 10.0 Å². The van der Waals surface area contributed by atoms with E-state index in [1.54, 1.807) is 30.3 Å². The van der Waals surface area contributed by atoms with Gasteiger partial charge >= 0.3 is 0 Å². The van der Waals surface area contributed by atoms with Crippen LogP contribution >= 0.6 is 0 Å². The van der Waals surface area contributed by atoms with Crippen molar-refractivity contribution >= 4 is 27.3 Å². The molecule has 0 amide bonds. The number of benzene rings is 2. The zero-order valence-electron chi connectivity index (χ0n) is 18.0. The van der Waals surface area contributed by atoms with Crippen LogP contribution in [0, 0.1) is 0 Å². The van der Waals surface area contributed by atoms with Crippen LogP contribution in [0.15, 0.2) is 65.6 Å². The Hall–Kier alpha value is -3.26. The Kier molecular flexibility index (Phi) is 6.50. The Morgan fingerprint density at radius 2 is 1.66 bits per heavy atom. The number of hydrogen-bond donors (Lipinski definition) is 1. The molecule has 0 atom stereocenters. The van der Waals surface area contributed by atoms with Gasteiger partial charge in [0.15, 0.2) is 11.6 Å². The number of nitrogens with one attached hydrogen (secondary N) is 1. The second kappa shape index (κ2) is 9.48. The zero-order valence-corrected chi connectivity index (χ0v) is 18.8. The van der Waals surface area contributed by atoms with Gasteiger partial charge in [-0.25, -0.2) is 8.42 Å². The number of carbonyl (C=O) groups is 1. The minimum atomic E-state index is -3.84. The summed E-state index contributed by atoms with van der Waals surface area (Å²) in [5, 5.41) is 8.78. The second-order valence-corrected chi connectivity index (χ2v) is 9.63. The first-order valence-electron chi connectivity index (χ1n) is 10.8. The number of nitrogens with zero attached hydrogens (tertiary/aromatic N) is 3. The highest BCUT2D eigenvalue weighted by atomic mass is 32.2. The normalized spacial score (nSPS) is 14.6. The van der Waals surface area contributed by atoms with Gasteiger partial charge in [-0.1, -0.05) is 37.1 Å². The molecular weight excluding hydrogens is 424 g/mol. The number of anilines is 2. The lowest BCUT2D eigenvalue weighted by atomic mass is 10.1. The van der Waals surface area contributed by atoms with Gasteiger partial charge in [0, 0.05) is 29.9 Å². The molecular formula is C24H26N4O3S. The number of rotatable bonds is 6. The summed E-state index contributed by atoms with van der Waals surface area (Å²) in [5.41, 5.74) is 2.19.